The summed E-state index contributed by atoms with van der Waals surface area (Å²) in [4.78, 5) is 47.8. The number of nitrogens with one attached hydrogen (secondary N) is 1. The van der Waals surface area contributed by atoms with Crippen LogP contribution >= 0.6 is 92.8 Å². The van der Waals surface area contributed by atoms with Gasteiger partial charge in [-0.3, -0.25) is 9.59 Å². The molecule has 0 spiro atoms. The summed E-state index contributed by atoms with van der Waals surface area (Å²) in [5.41, 5.74) is 7.62. The Morgan fingerprint density at radius 3 is 1.40 bits per heavy atom. The molecule has 2 aliphatic heterocycles. The summed E-state index contributed by atoms with van der Waals surface area (Å²) in [6.07, 6.45) is 4.91. The van der Waals surface area contributed by atoms with Gasteiger partial charge in [-0.15, -0.1) is 0 Å². The first-order valence-electron chi connectivity index (χ1n) is 30.4. The van der Waals surface area contributed by atoms with E-state index in [0.717, 1.165) is 70.2 Å². The molecule has 21 heteroatoms. The van der Waals surface area contributed by atoms with Gasteiger partial charge in [0.05, 0.1) is 58.9 Å². The highest BCUT2D eigenvalue weighted by molar-refractivity contribution is 6.43. The molecule has 484 valence electrons. The largest absolute Gasteiger partial charge is 0.490 e. The number of aryl methyl sites for hydroxylation is 2. The maximum atomic E-state index is 14.8. The Morgan fingerprint density at radius 2 is 0.989 bits per heavy atom. The van der Waals surface area contributed by atoms with Crippen molar-refractivity contribution in [1.82, 2.24) is 20.0 Å². The number of ether oxygens (including phenoxy) is 5. The minimum Gasteiger partial charge on any atom is -0.490 e. The highest BCUT2D eigenvalue weighted by atomic mass is 35.5. The van der Waals surface area contributed by atoms with Crippen molar-refractivity contribution in [3.63, 3.8) is 0 Å². The van der Waals surface area contributed by atoms with E-state index in [9.17, 15) is 19.5 Å². The van der Waals surface area contributed by atoms with Gasteiger partial charge in [-0.1, -0.05) is 148 Å². The minimum absolute atomic E-state index is 0.0772. The molecular weight excluding hydrogens is 1320 g/mol. The Bertz CT molecular complexity index is 3620. The predicted octanol–water partition coefficient (Wildman–Crippen LogP) is 17.8. The van der Waals surface area contributed by atoms with Gasteiger partial charge in [0, 0.05) is 42.9 Å². The molecule has 2 N–H and O–H groups in total. The Hall–Kier alpha value is -5.55. The zero-order valence-electron chi connectivity index (χ0n) is 51.6. The molecule has 6 aromatic carbocycles. The summed E-state index contributed by atoms with van der Waals surface area (Å²) in [6, 6.07) is 32.7. The Labute approximate surface area is 573 Å². The highest BCUT2D eigenvalue weighted by Crippen LogP contribution is 2.42. The number of aliphatic hydroxyl groups is 1. The lowest BCUT2D eigenvalue weighted by atomic mass is 9.86. The van der Waals surface area contributed by atoms with E-state index >= 15 is 0 Å². The fraction of sp³-hybridized carbons (Fsp3) is 0.386. The van der Waals surface area contributed by atoms with Crippen LogP contribution in [0.15, 0.2) is 120 Å². The van der Waals surface area contributed by atoms with E-state index in [2.05, 4.69) is 5.32 Å². The van der Waals surface area contributed by atoms with Crippen LogP contribution in [0.5, 0.6) is 23.0 Å². The fourth-order valence-corrected chi connectivity index (χ4v) is 13.4. The molecule has 91 heavy (non-hydrogen) atoms. The maximum Gasteiger partial charge on any atom is 0.410 e. The first-order chi connectivity index (χ1) is 43.5. The Balaban J connectivity index is 0.000000218. The van der Waals surface area contributed by atoms with Crippen molar-refractivity contribution < 1.29 is 43.2 Å². The first kappa shape index (κ1) is 69.8. The lowest BCUT2D eigenvalue weighted by Crippen LogP contribution is -2.50. The van der Waals surface area contributed by atoms with E-state index in [1.54, 1.807) is 41.3 Å². The van der Waals surface area contributed by atoms with Crippen LogP contribution in [0, 0.1) is 13.8 Å². The highest BCUT2D eigenvalue weighted by Gasteiger charge is 2.43. The second-order valence-electron chi connectivity index (χ2n) is 23.9. The maximum absolute atomic E-state index is 14.8. The molecule has 2 aliphatic carbocycles. The summed E-state index contributed by atoms with van der Waals surface area (Å²) in [7, 11) is 0. The molecule has 2 atom stereocenters. The van der Waals surface area contributed by atoms with Gasteiger partial charge in [0.25, 0.3) is 11.8 Å². The van der Waals surface area contributed by atoms with Gasteiger partial charge >= 0.3 is 6.09 Å². The van der Waals surface area contributed by atoms with E-state index in [1.807, 2.05) is 124 Å². The summed E-state index contributed by atoms with van der Waals surface area (Å²) in [5.74, 6) is 1.97. The molecule has 6 aromatic rings. The molecule has 0 unspecified atom stereocenters. The minimum atomic E-state index is -0.674. The number of amides is 3. The third-order valence-electron chi connectivity index (χ3n) is 15.9. The van der Waals surface area contributed by atoms with Gasteiger partial charge in [-0.05, 0) is 191 Å². The standard InChI is InChI=1S/C38H42Cl4N2O5.C32H32Cl4N2O4/c1-6-32-33(36(45)44(26-12-13-26)22-25-8-7-9-29(39)34(25)42)28(16-17-43(32)37(46)49-38(3,4)5)24-10-14-27(15-11-24)47-18-19-48-35-30(40)20-23(2)21-31(35)41;1-19-15-26(34)31(27(35)16-19)42-14-13-41-23-9-5-20(6-10-23)24-11-12-37-28(18-39)29(24)32(40)38(22-7-8-22)17-21-3-2-4-25(33)30(21)36/h7-11,14-15,20-21,26,32H,6,12-13,16-19,22H2,1-5H3;2-6,9-10,15-16,22,28,37,39H,7-8,11-14,17-18H2,1H3/t32-;28-/m11/s1. The predicted molar refractivity (Wildman–Crippen MR) is 366 cm³/mol. The second-order valence-corrected chi connectivity index (χ2v) is 27.1. The summed E-state index contributed by atoms with van der Waals surface area (Å²) >= 11 is 50.8. The van der Waals surface area contributed by atoms with Gasteiger partial charge in [-0.2, -0.15) is 0 Å². The smallest absolute Gasteiger partial charge is 0.410 e. The number of halogens is 8. The van der Waals surface area contributed by atoms with Gasteiger partial charge in [0.2, 0.25) is 0 Å². The van der Waals surface area contributed by atoms with Gasteiger partial charge in [-0.25, -0.2) is 4.79 Å². The van der Waals surface area contributed by atoms with Crippen molar-refractivity contribution in [2.45, 2.75) is 129 Å². The fourth-order valence-electron chi connectivity index (χ4n) is 11.3. The molecule has 2 heterocycles. The molecule has 0 bridgehead atoms. The molecule has 0 aromatic heterocycles. The number of aliphatic hydroxyl groups excluding tert-OH is 1. The van der Waals surface area contributed by atoms with Crippen LogP contribution in [-0.2, 0) is 27.4 Å². The first-order valence-corrected chi connectivity index (χ1v) is 33.5. The lowest BCUT2D eigenvalue weighted by Gasteiger charge is -2.40. The zero-order chi connectivity index (χ0) is 65.3. The van der Waals surface area contributed by atoms with E-state index < -0.39 is 23.8 Å². The van der Waals surface area contributed by atoms with Crippen LogP contribution in [0.4, 0.5) is 4.79 Å². The molecule has 0 radical (unpaired) electrons. The Kier molecular flexibility index (Phi) is 24.2. The van der Waals surface area contributed by atoms with Crippen LogP contribution in [0.2, 0.25) is 40.2 Å². The molecule has 10 rings (SSSR count). The summed E-state index contributed by atoms with van der Waals surface area (Å²) < 4.78 is 29.2. The summed E-state index contributed by atoms with van der Waals surface area (Å²) in [5, 5.41) is 17.2. The van der Waals surface area contributed by atoms with Crippen molar-refractivity contribution in [1.29, 1.82) is 0 Å². The molecule has 2 fully saturated rings. The van der Waals surface area contributed by atoms with Crippen molar-refractivity contribution in [2.75, 3.05) is 46.1 Å². The lowest BCUT2D eigenvalue weighted by molar-refractivity contribution is -0.129. The van der Waals surface area contributed by atoms with Gasteiger partial charge in [0.1, 0.15) is 43.5 Å². The van der Waals surface area contributed by atoms with Crippen LogP contribution in [0.25, 0.3) is 11.1 Å². The second kappa shape index (κ2) is 31.6. The SMILES string of the molecule is CC[C@@H]1C(C(=O)N(Cc2cccc(Cl)c2Cl)C2CC2)=C(c2ccc(OCCOc3c(Cl)cc(C)cc3Cl)cc2)CCN1C(=O)OC(C)(C)C.Cc1cc(Cl)c(OCCOc2ccc(C3=C(C(=O)N(Cc4cccc(Cl)c4Cl)C4CC4)[C@@H](CO)NCC3)cc2)c(Cl)c1. The molecule has 3 amide bonds. The number of carbonyl (C=O) groups excluding carboxylic acids is 3. The van der Waals surface area contributed by atoms with Crippen LogP contribution in [-0.4, -0.2) is 114 Å². The van der Waals surface area contributed by atoms with Crippen molar-refractivity contribution in [2.24, 2.45) is 0 Å². The van der Waals surface area contributed by atoms with Crippen molar-refractivity contribution in [3.8, 4) is 23.0 Å². The van der Waals surface area contributed by atoms with E-state index in [1.165, 1.54) is 0 Å². The van der Waals surface area contributed by atoms with Crippen LogP contribution < -0.4 is 24.3 Å². The molecule has 0 saturated heterocycles. The van der Waals surface area contributed by atoms with Crippen LogP contribution in [0.1, 0.15) is 106 Å². The number of carbonyl (C=O) groups is 3. The number of benzene rings is 6. The van der Waals surface area contributed by atoms with Crippen molar-refractivity contribution in [3.05, 3.63) is 194 Å². The number of nitrogens with zero attached hydrogens (tertiary/aromatic N) is 3. The molecule has 13 nitrogen and oxygen atoms in total. The Morgan fingerprint density at radius 1 is 0.571 bits per heavy atom. The van der Waals surface area contributed by atoms with E-state index in [4.69, 9.17) is 116 Å². The quantitative estimate of drug-likeness (QED) is 0.0632. The van der Waals surface area contributed by atoms with Gasteiger partial charge < -0.3 is 48.8 Å². The molecule has 4 aliphatic rings. The van der Waals surface area contributed by atoms with Gasteiger partial charge in [0.15, 0.2) is 11.5 Å². The average Bonchev–Trinajstić information content (AvgIpc) is 1.42. The molecular formula is C70H74Cl8N4O9. The van der Waals surface area contributed by atoms with E-state index in [-0.39, 0.29) is 50.3 Å². The average molecular weight is 1400 g/mol. The number of rotatable bonds is 22. The van der Waals surface area contributed by atoms with Crippen LogP contribution in [0.3, 0.4) is 0 Å². The monoisotopic (exact) mass is 1390 g/mol. The zero-order valence-corrected chi connectivity index (χ0v) is 57.6. The topological polar surface area (TPSA) is 139 Å². The normalized spacial score (nSPS) is 16.6. The van der Waals surface area contributed by atoms with Crippen molar-refractivity contribution >= 4 is 122 Å². The third kappa shape index (κ3) is 18.0. The van der Waals surface area contributed by atoms with E-state index in [0.29, 0.717) is 126 Å². The summed E-state index contributed by atoms with van der Waals surface area (Å²) in [6.45, 7) is 14.0. The number of hydrogen-bond donors (Lipinski definition) is 2. The third-order valence-corrected chi connectivity index (χ3v) is 18.7. The number of hydrogen-bond acceptors (Lipinski definition) is 10. The molecule has 2 saturated carbocycles.